The molecule has 178 valence electrons. The summed E-state index contributed by atoms with van der Waals surface area (Å²) in [6.45, 7) is 16.7. The molecule has 0 spiro atoms. The molecule has 0 heterocycles. The first-order valence-electron chi connectivity index (χ1n) is 12.3. The SMILES string of the molecule is C=C(CC(F)(F)C(=O)NC[C@]1(C)CCC[C@]2(C)c3ccc(C(C)C)cc3CC[C@@H]12)C(C)C. The van der Waals surface area contributed by atoms with Crippen molar-refractivity contribution in [2.75, 3.05) is 6.54 Å². The van der Waals surface area contributed by atoms with Crippen LogP contribution in [0.1, 0.15) is 96.3 Å². The highest BCUT2D eigenvalue weighted by Crippen LogP contribution is 2.57. The van der Waals surface area contributed by atoms with E-state index < -0.39 is 18.3 Å². The number of alkyl halides is 2. The fraction of sp³-hybridized carbons (Fsp3) is 0.679. The van der Waals surface area contributed by atoms with E-state index in [1.165, 1.54) is 16.7 Å². The number of halogens is 2. The number of hydrogen-bond donors (Lipinski definition) is 1. The molecule has 1 fully saturated rings. The largest absolute Gasteiger partial charge is 0.350 e. The fourth-order valence-electron chi connectivity index (χ4n) is 6.20. The summed E-state index contributed by atoms with van der Waals surface area (Å²) >= 11 is 0. The van der Waals surface area contributed by atoms with Crippen LogP contribution in [0.15, 0.2) is 30.4 Å². The number of allylic oxidation sites excluding steroid dienone is 1. The summed E-state index contributed by atoms with van der Waals surface area (Å²) in [5, 5.41) is 2.65. The van der Waals surface area contributed by atoms with Gasteiger partial charge >= 0.3 is 5.92 Å². The van der Waals surface area contributed by atoms with Gasteiger partial charge in [0.1, 0.15) is 0 Å². The van der Waals surface area contributed by atoms with Crippen LogP contribution in [0.5, 0.6) is 0 Å². The molecule has 32 heavy (non-hydrogen) atoms. The van der Waals surface area contributed by atoms with Gasteiger partial charge in [-0.25, -0.2) is 0 Å². The third-order valence-electron chi connectivity index (χ3n) is 8.42. The molecule has 0 radical (unpaired) electrons. The highest BCUT2D eigenvalue weighted by Gasteiger charge is 2.52. The van der Waals surface area contributed by atoms with Crippen molar-refractivity contribution in [2.45, 2.75) is 97.3 Å². The van der Waals surface area contributed by atoms with Crippen LogP contribution in [0.25, 0.3) is 0 Å². The fourth-order valence-corrected chi connectivity index (χ4v) is 6.20. The molecule has 4 heteroatoms. The van der Waals surface area contributed by atoms with Crippen molar-refractivity contribution in [3.8, 4) is 0 Å². The average Bonchev–Trinajstić information content (AvgIpc) is 2.71. The Morgan fingerprint density at radius 1 is 1.22 bits per heavy atom. The van der Waals surface area contributed by atoms with E-state index in [1.807, 2.05) is 13.8 Å². The molecule has 0 bridgehead atoms. The van der Waals surface area contributed by atoms with Gasteiger partial charge in [-0.05, 0) is 71.0 Å². The first kappa shape index (κ1) is 24.9. The third kappa shape index (κ3) is 4.65. The third-order valence-corrected chi connectivity index (χ3v) is 8.42. The molecule has 0 aromatic heterocycles. The molecule has 2 nitrogen and oxygen atoms in total. The molecule has 1 aromatic rings. The van der Waals surface area contributed by atoms with Gasteiger partial charge in [0.05, 0.1) is 0 Å². The zero-order valence-corrected chi connectivity index (χ0v) is 20.8. The van der Waals surface area contributed by atoms with Crippen molar-refractivity contribution < 1.29 is 13.6 Å². The van der Waals surface area contributed by atoms with Crippen LogP contribution < -0.4 is 5.32 Å². The van der Waals surface area contributed by atoms with Gasteiger partial charge in [-0.15, -0.1) is 0 Å². The van der Waals surface area contributed by atoms with Crippen LogP contribution in [-0.4, -0.2) is 18.4 Å². The maximum absolute atomic E-state index is 14.5. The smallest absolute Gasteiger partial charge is 0.328 e. The van der Waals surface area contributed by atoms with Crippen molar-refractivity contribution in [3.63, 3.8) is 0 Å². The first-order chi connectivity index (χ1) is 14.8. The number of carbonyl (C=O) groups is 1. The predicted molar refractivity (Wildman–Crippen MR) is 128 cm³/mol. The Labute approximate surface area is 193 Å². The van der Waals surface area contributed by atoms with Crippen molar-refractivity contribution in [1.82, 2.24) is 5.32 Å². The van der Waals surface area contributed by atoms with Crippen LogP contribution in [0, 0.1) is 17.3 Å². The minimum absolute atomic E-state index is 0.0231. The number of amides is 1. The van der Waals surface area contributed by atoms with Crippen LogP contribution in [-0.2, 0) is 16.6 Å². The van der Waals surface area contributed by atoms with E-state index in [2.05, 4.69) is 57.8 Å². The molecule has 0 aliphatic heterocycles. The Bertz CT molecular complexity index is 874. The summed E-state index contributed by atoms with van der Waals surface area (Å²) < 4.78 is 29.1. The van der Waals surface area contributed by atoms with E-state index >= 15 is 0 Å². The molecule has 3 rings (SSSR count). The Kier molecular flexibility index (Phi) is 6.94. The van der Waals surface area contributed by atoms with Crippen molar-refractivity contribution in [1.29, 1.82) is 0 Å². The van der Waals surface area contributed by atoms with Crippen LogP contribution in [0.3, 0.4) is 0 Å². The van der Waals surface area contributed by atoms with E-state index in [4.69, 9.17) is 0 Å². The van der Waals surface area contributed by atoms with E-state index in [1.54, 1.807) is 0 Å². The quantitative estimate of drug-likeness (QED) is 0.443. The molecule has 0 unspecified atom stereocenters. The molecule has 2 aliphatic carbocycles. The highest BCUT2D eigenvalue weighted by molar-refractivity contribution is 5.83. The second-order valence-corrected chi connectivity index (χ2v) is 11.5. The number of benzene rings is 1. The maximum atomic E-state index is 14.5. The minimum Gasteiger partial charge on any atom is -0.350 e. The topological polar surface area (TPSA) is 29.1 Å². The average molecular weight is 446 g/mol. The lowest BCUT2D eigenvalue weighted by Gasteiger charge is -2.55. The van der Waals surface area contributed by atoms with E-state index in [-0.39, 0.29) is 16.7 Å². The second kappa shape index (κ2) is 8.91. The lowest BCUT2D eigenvalue weighted by molar-refractivity contribution is -0.146. The molecule has 1 amide bonds. The lowest BCUT2D eigenvalue weighted by Crippen LogP contribution is -2.54. The zero-order valence-electron chi connectivity index (χ0n) is 20.8. The highest BCUT2D eigenvalue weighted by atomic mass is 19.3. The van der Waals surface area contributed by atoms with Gasteiger partial charge in [-0.2, -0.15) is 8.78 Å². The molecule has 2 aliphatic rings. The summed E-state index contributed by atoms with van der Waals surface area (Å²) in [7, 11) is 0. The molecule has 1 saturated carbocycles. The van der Waals surface area contributed by atoms with Gasteiger partial charge in [-0.3, -0.25) is 4.79 Å². The molecular formula is C28H41F2NO. The van der Waals surface area contributed by atoms with E-state index in [0.717, 1.165) is 32.1 Å². The molecule has 0 saturated heterocycles. The predicted octanol–water partition coefficient (Wildman–Crippen LogP) is 7.17. The monoisotopic (exact) mass is 445 g/mol. The van der Waals surface area contributed by atoms with Crippen molar-refractivity contribution in [3.05, 3.63) is 47.0 Å². The Morgan fingerprint density at radius 2 is 1.91 bits per heavy atom. The summed E-state index contributed by atoms with van der Waals surface area (Å²) in [4.78, 5) is 12.4. The van der Waals surface area contributed by atoms with Crippen LogP contribution in [0.2, 0.25) is 0 Å². The van der Waals surface area contributed by atoms with E-state index in [9.17, 15) is 13.6 Å². The van der Waals surface area contributed by atoms with Gasteiger partial charge in [0.2, 0.25) is 0 Å². The summed E-state index contributed by atoms with van der Waals surface area (Å²) in [6, 6.07) is 6.94. The van der Waals surface area contributed by atoms with Gasteiger partial charge < -0.3 is 5.32 Å². The van der Waals surface area contributed by atoms with Crippen LogP contribution >= 0.6 is 0 Å². The normalized spacial score (nSPS) is 27.8. The van der Waals surface area contributed by atoms with Gasteiger partial charge in [0.15, 0.2) is 0 Å². The van der Waals surface area contributed by atoms with Gasteiger partial charge in [0, 0.05) is 13.0 Å². The number of nitrogens with one attached hydrogen (secondary N) is 1. The number of aryl methyl sites for hydroxylation is 1. The number of carbonyl (C=O) groups excluding carboxylic acids is 1. The van der Waals surface area contributed by atoms with Crippen LogP contribution in [0.4, 0.5) is 8.78 Å². The molecule has 1 aromatic carbocycles. The summed E-state index contributed by atoms with van der Waals surface area (Å²) in [6.07, 6.45) is 4.59. The van der Waals surface area contributed by atoms with Crippen molar-refractivity contribution in [2.24, 2.45) is 17.3 Å². The lowest BCUT2D eigenvalue weighted by atomic mass is 9.49. The standard InChI is InChI=1S/C28H41F2NO/c1-18(2)20(5)16-28(29,30)25(32)31-17-26(6)13-8-14-27(7)23-11-9-21(19(3)4)15-22(23)10-12-24(26)27/h9,11,15,18-19,24H,5,8,10,12-14,16-17H2,1-4,6-7H3,(H,31,32)/t24-,26-,27+/m0/s1. The number of rotatable bonds is 7. The molecule has 3 atom stereocenters. The van der Waals surface area contributed by atoms with E-state index in [0.29, 0.717) is 24.0 Å². The van der Waals surface area contributed by atoms with Gasteiger partial charge in [-0.1, -0.05) is 78.3 Å². The second-order valence-electron chi connectivity index (χ2n) is 11.5. The van der Waals surface area contributed by atoms with Gasteiger partial charge in [0.25, 0.3) is 5.91 Å². The van der Waals surface area contributed by atoms with Crippen molar-refractivity contribution >= 4 is 5.91 Å². The molecule has 1 N–H and O–H groups in total. The Morgan fingerprint density at radius 3 is 2.53 bits per heavy atom. The Balaban J connectivity index is 1.78. The zero-order chi connectivity index (χ0) is 23.9. The maximum Gasteiger partial charge on any atom is 0.328 e. The minimum atomic E-state index is -3.41. The summed E-state index contributed by atoms with van der Waals surface area (Å²) in [5.41, 5.74) is 4.49. The summed E-state index contributed by atoms with van der Waals surface area (Å²) in [5.74, 6) is -3.77. The molecular weight excluding hydrogens is 404 g/mol. The number of hydrogen-bond acceptors (Lipinski definition) is 1. The Hall–Kier alpha value is -1.71. The number of fused-ring (bicyclic) bond motifs is 3. The first-order valence-corrected chi connectivity index (χ1v) is 12.3.